The van der Waals surface area contributed by atoms with Crippen LogP contribution in [0.15, 0.2) is 18.2 Å². The van der Waals surface area contributed by atoms with Crippen LogP contribution in [-0.2, 0) is 4.74 Å². The lowest BCUT2D eigenvalue weighted by Gasteiger charge is -2.24. The number of para-hydroxylation sites is 1. The van der Waals surface area contributed by atoms with Gasteiger partial charge in [-0.3, -0.25) is 10.1 Å². The van der Waals surface area contributed by atoms with Gasteiger partial charge in [0.05, 0.1) is 24.2 Å². The Balaban J connectivity index is 2.09. The van der Waals surface area contributed by atoms with Crippen LogP contribution in [0.2, 0.25) is 0 Å². The van der Waals surface area contributed by atoms with E-state index in [1.807, 2.05) is 0 Å². The van der Waals surface area contributed by atoms with Crippen LogP contribution in [0.3, 0.4) is 0 Å². The average molecular weight is 281 g/mol. The number of hydrogen-bond donors (Lipinski definition) is 2. The zero-order valence-electron chi connectivity index (χ0n) is 11.4. The van der Waals surface area contributed by atoms with Crippen molar-refractivity contribution in [2.24, 2.45) is 0 Å². The molecular weight excluding hydrogens is 262 g/mol. The van der Waals surface area contributed by atoms with Crippen LogP contribution in [0.4, 0.5) is 11.4 Å². The molecule has 2 rings (SSSR count). The number of nitro benzene ring substituents is 1. The monoisotopic (exact) mass is 281 g/mol. The molecule has 0 aromatic heterocycles. The van der Waals surface area contributed by atoms with E-state index in [4.69, 9.17) is 9.47 Å². The normalized spacial score (nSPS) is 18.6. The summed E-state index contributed by atoms with van der Waals surface area (Å²) in [5.74, 6) is 0.283. The molecule has 7 nitrogen and oxygen atoms in total. The highest BCUT2D eigenvalue weighted by atomic mass is 16.6. The van der Waals surface area contributed by atoms with Gasteiger partial charge in [0.25, 0.3) is 0 Å². The molecule has 0 bridgehead atoms. The van der Waals surface area contributed by atoms with Crippen LogP contribution < -0.4 is 15.4 Å². The third-order valence-electron chi connectivity index (χ3n) is 3.01. The average Bonchev–Trinajstić information content (AvgIpc) is 2.46. The van der Waals surface area contributed by atoms with Gasteiger partial charge < -0.3 is 20.1 Å². The Bertz CT molecular complexity index is 461. The molecule has 1 aromatic carbocycles. The van der Waals surface area contributed by atoms with Crippen molar-refractivity contribution < 1.29 is 14.4 Å². The van der Waals surface area contributed by atoms with E-state index in [-0.39, 0.29) is 17.5 Å². The first-order valence-corrected chi connectivity index (χ1v) is 6.68. The standard InChI is InChI=1S/C13H19N3O4/c1-2-19-12-5-3-4-11(13(12)16(17)18)15-9-10-8-14-6-7-20-10/h3-5,10,14-15H,2,6-9H2,1H3. The van der Waals surface area contributed by atoms with Gasteiger partial charge in [-0.25, -0.2) is 0 Å². The van der Waals surface area contributed by atoms with E-state index in [1.165, 1.54) is 0 Å². The smallest absolute Gasteiger partial charge is 0.333 e. The first kappa shape index (κ1) is 14.5. The molecular formula is C13H19N3O4. The minimum atomic E-state index is -0.423. The molecule has 7 heteroatoms. The number of anilines is 1. The van der Waals surface area contributed by atoms with Gasteiger partial charge in [0, 0.05) is 19.6 Å². The minimum Gasteiger partial charge on any atom is -0.487 e. The van der Waals surface area contributed by atoms with Gasteiger partial charge in [0.15, 0.2) is 5.75 Å². The SMILES string of the molecule is CCOc1cccc(NCC2CNCCO2)c1[N+](=O)[O-]. The van der Waals surface area contributed by atoms with Crippen molar-refractivity contribution >= 4 is 11.4 Å². The lowest BCUT2D eigenvalue weighted by atomic mass is 10.2. The molecule has 1 saturated heterocycles. The third kappa shape index (κ3) is 3.58. The minimum absolute atomic E-state index is 0.0131. The molecule has 1 fully saturated rings. The Hall–Kier alpha value is -1.86. The number of nitrogens with one attached hydrogen (secondary N) is 2. The van der Waals surface area contributed by atoms with Crippen molar-refractivity contribution in [3.8, 4) is 5.75 Å². The zero-order valence-corrected chi connectivity index (χ0v) is 11.4. The molecule has 110 valence electrons. The molecule has 0 radical (unpaired) electrons. The highest BCUT2D eigenvalue weighted by Crippen LogP contribution is 2.34. The fourth-order valence-electron chi connectivity index (χ4n) is 2.10. The molecule has 2 N–H and O–H groups in total. The van der Waals surface area contributed by atoms with Gasteiger partial charge in [-0.1, -0.05) is 6.07 Å². The second-order valence-corrected chi connectivity index (χ2v) is 4.42. The maximum Gasteiger partial charge on any atom is 0.333 e. The Morgan fingerprint density at radius 1 is 1.60 bits per heavy atom. The number of hydrogen-bond acceptors (Lipinski definition) is 6. The van der Waals surface area contributed by atoms with Gasteiger partial charge in [-0.15, -0.1) is 0 Å². The molecule has 0 aliphatic carbocycles. The highest BCUT2D eigenvalue weighted by Gasteiger charge is 2.22. The summed E-state index contributed by atoms with van der Waals surface area (Å²) in [7, 11) is 0. The van der Waals surface area contributed by atoms with E-state index >= 15 is 0 Å². The summed E-state index contributed by atoms with van der Waals surface area (Å²) in [5.41, 5.74) is 0.424. The predicted molar refractivity (Wildman–Crippen MR) is 75.4 cm³/mol. The van der Waals surface area contributed by atoms with E-state index in [1.54, 1.807) is 25.1 Å². The van der Waals surface area contributed by atoms with E-state index < -0.39 is 4.92 Å². The van der Waals surface area contributed by atoms with E-state index in [2.05, 4.69) is 10.6 Å². The van der Waals surface area contributed by atoms with Gasteiger partial charge in [0.2, 0.25) is 0 Å². The van der Waals surface area contributed by atoms with E-state index in [0.29, 0.717) is 25.4 Å². The Labute approximate surface area is 117 Å². The second kappa shape index (κ2) is 7.06. The number of rotatable bonds is 6. The van der Waals surface area contributed by atoms with Crippen LogP contribution in [0.5, 0.6) is 5.75 Å². The Kier molecular flexibility index (Phi) is 5.14. The summed E-state index contributed by atoms with van der Waals surface area (Å²) < 4.78 is 10.9. The third-order valence-corrected chi connectivity index (χ3v) is 3.01. The summed E-state index contributed by atoms with van der Waals surface area (Å²) in [6, 6.07) is 5.02. The predicted octanol–water partition coefficient (Wildman–Crippen LogP) is 1.39. The maximum absolute atomic E-state index is 11.2. The van der Waals surface area contributed by atoms with Crippen molar-refractivity contribution in [2.75, 3.05) is 38.2 Å². The first-order valence-electron chi connectivity index (χ1n) is 6.68. The van der Waals surface area contributed by atoms with Crippen LogP contribution >= 0.6 is 0 Å². The largest absolute Gasteiger partial charge is 0.487 e. The van der Waals surface area contributed by atoms with Crippen LogP contribution in [0.1, 0.15) is 6.92 Å². The summed E-state index contributed by atoms with van der Waals surface area (Å²) in [6.45, 7) is 4.95. The zero-order chi connectivity index (χ0) is 14.4. The fraction of sp³-hybridized carbons (Fsp3) is 0.538. The van der Waals surface area contributed by atoms with E-state index in [0.717, 1.165) is 13.1 Å². The van der Waals surface area contributed by atoms with Crippen LogP contribution in [0.25, 0.3) is 0 Å². The molecule has 1 atom stereocenters. The summed E-state index contributed by atoms with van der Waals surface area (Å²) in [4.78, 5) is 10.8. The molecule has 1 aliphatic heterocycles. The molecule has 1 unspecified atom stereocenters. The van der Waals surface area contributed by atoms with Crippen LogP contribution in [0, 0.1) is 10.1 Å². The van der Waals surface area contributed by atoms with E-state index in [9.17, 15) is 10.1 Å². The number of nitro groups is 1. The molecule has 1 aromatic rings. The fourth-order valence-corrected chi connectivity index (χ4v) is 2.10. The van der Waals surface area contributed by atoms with Crippen molar-refractivity contribution in [3.05, 3.63) is 28.3 Å². The van der Waals surface area contributed by atoms with Crippen molar-refractivity contribution in [3.63, 3.8) is 0 Å². The Morgan fingerprint density at radius 3 is 3.10 bits per heavy atom. The highest BCUT2D eigenvalue weighted by molar-refractivity contribution is 5.68. The number of ether oxygens (including phenoxy) is 2. The molecule has 20 heavy (non-hydrogen) atoms. The lowest BCUT2D eigenvalue weighted by molar-refractivity contribution is -0.384. The lowest BCUT2D eigenvalue weighted by Crippen LogP contribution is -2.42. The van der Waals surface area contributed by atoms with Gasteiger partial charge >= 0.3 is 5.69 Å². The summed E-state index contributed by atoms with van der Waals surface area (Å²) in [6.07, 6.45) is 0.0131. The molecule has 0 spiro atoms. The first-order chi connectivity index (χ1) is 9.72. The number of benzene rings is 1. The Morgan fingerprint density at radius 2 is 2.45 bits per heavy atom. The van der Waals surface area contributed by atoms with Crippen molar-refractivity contribution in [1.29, 1.82) is 0 Å². The van der Waals surface area contributed by atoms with Gasteiger partial charge in [-0.2, -0.15) is 0 Å². The summed E-state index contributed by atoms with van der Waals surface area (Å²) in [5, 5.41) is 17.5. The molecule has 0 saturated carbocycles. The van der Waals surface area contributed by atoms with Gasteiger partial charge in [0.1, 0.15) is 5.69 Å². The van der Waals surface area contributed by atoms with Crippen molar-refractivity contribution in [2.45, 2.75) is 13.0 Å². The maximum atomic E-state index is 11.2. The second-order valence-electron chi connectivity index (χ2n) is 4.42. The quantitative estimate of drug-likeness (QED) is 0.605. The van der Waals surface area contributed by atoms with Crippen molar-refractivity contribution in [1.82, 2.24) is 5.32 Å². The number of nitrogens with zero attached hydrogens (tertiary/aromatic N) is 1. The topological polar surface area (TPSA) is 85.7 Å². The number of morpholine rings is 1. The van der Waals surface area contributed by atoms with Crippen LogP contribution in [-0.4, -0.2) is 43.9 Å². The molecule has 0 amide bonds. The molecule has 1 aliphatic rings. The van der Waals surface area contributed by atoms with Gasteiger partial charge in [-0.05, 0) is 19.1 Å². The molecule has 1 heterocycles. The summed E-state index contributed by atoms with van der Waals surface area (Å²) >= 11 is 0.